The minimum Gasteiger partial charge on any atom is -0.463 e. The van der Waals surface area contributed by atoms with Crippen molar-refractivity contribution < 1.29 is 4.42 Å². The molecule has 5 heteroatoms. The van der Waals surface area contributed by atoms with Crippen LogP contribution >= 0.6 is 0 Å². The van der Waals surface area contributed by atoms with E-state index in [1.165, 1.54) is 17.3 Å². The van der Waals surface area contributed by atoms with E-state index in [0.29, 0.717) is 5.76 Å². The lowest BCUT2D eigenvalue weighted by Crippen LogP contribution is -1.84. The van der Waals surface area contributed by atoms with Crippen molar-refractivity contribution in [2.75, 3.05) is 0 Å². The maximum atomic E-state index is 5.03. The molecule has 5 nitrogen and oxygen atoms in total. The molecule has 0 saturated heterocycles. The van der Waals surface area contributed by atoms with Crippen molar-refractivity contribution in [2.45, 2.75) is 0 Å². The molecule has 2 rings (SSSR count). The fraction of sp³-hybridized carbons (Fsp3) is 0. The normalized spacial score (nSPS) is 11.0. The third kappa shape index (κ3) is 1.39. The molecule has 0 spiro atoms. The summed E-state index contributed by atoms with van der Waals surface area (Å²) in [5, 5.41) is 11.2. The summed E-state index contributed by atoms with van der Waals surface area (Å²) in [5.74, 6) is 0.698. The van der Waals surface area contributed by atoms with Crippen molar-refractivity contribution in [3.05, 3.63) is 36.8 Å². The molecule has 2 heterocycles. The Kier molecular flexibility index (Phi) is 1.69. The van der Waals surface area contributed by atoms with Gasteiger partial charge in [0.2, 0.25) is 0 Å². The molecule has 0 bridgehead atoms. The Balaban J connectivity index is 2.14. The highest BCUT2D eigenvalue weighted by molar-refractivity contribution is 5.75. The third-order valence-corrected chi connectivity index (χ3v) is 1.27. The lowest BCUT2D eigenvalue weighted by molar-refractivity contribution is 0.559. The van der Waals surface area contributed by atoms with E-state index in [-0.39, 0.29) is 0 Å². The summed E-state index contributed by atoms with van der Waals surface area (Å²) in [5.41, 5.74) is 0. The van der Waals surface area contributed by atoms with Crippen LogP contribution in [0, 0.1) is 0 Å². The Hall–Kier alpha value is -1.91. The Morgan fingerprint density at radius 2 is 2.25 bits per heavy atom. The quantitative estimate of drug-likeness (QED) is 0.612. The van der Waals surface area contributed by atoms with Gasteiger partial charge in [-0.15, -0.1) is 10.2 Å². The van der Waals surface area contributed by atoms with E-state index in [4.69, 9.17) is 4.42 Å². The minimum atomic E-state index is 0.698. The largest absolute Gasteiger partial charge is 0.463 e. The number of rotatable bonds is 2. The summed E-state index contributed by atoms with van der Waals surface area (Å²) in [4.78, 5) is 0. The van der Waals surface area contributed by atoms with Crippen molar-refractivity contribution in [1.82, 2.24) is 14.9 Å². The Morgan fingerprint density at radius 3 is 2.92 bits per heavy atom. The van der Waals surface area contributed by atoms with Crippen LogP contribution in [-0.2, 0) is 0 Å². The van der Waals surface area contributed by atoms with Gasteiger partial charge < -0.3 is 4.42 Å². The van der Waals surface area contributed by atoms with Gasteiger partial charge in [-0.1, -0.05) is 0 Å². The molecule has 0 amide bonds. The number of furan rings is 1. The van der Waals surface area contributed by atoms with E-state index in [1.807, 2.05) is 6.07 Å². The maximum Gasteiger partial charge on any atom is 0.146 e. The zero-order valence-electron chi connectivity index (χ0n) is 6.16. The van der Waals surface area contributed by atoms with Crippen LogP contribution < -0.4 is 0 Å². The molecule has 2 aromatic heterocycles. The second-order valence-corrected chi connectivity index (χ2v) is 2.10. The molecule has 0 radical (unpaired) electrons. The molecule has 0 aromatic carbocycles. The van der Waals surface area contributed by atoms with Gasteiger partial charge in [0.25, 0.3) is 0 Å². The van der Waals surface area contributed by atoms with Crippen LogP contribution in [0.15, 0.2) is 40.6 Å². The molecule has 60 valence electrons. The molecule has 0 fully saturated rings. The highest BCUT2D eigenvalue weighted by atomic mass is 16.3. The Labute approximate surface area is 68.3 Å². The lowest BCUT2D eigenvalue weighted by Gasteiger charge is -1.85. The lowest BCUT2D eigenvalue weighted by atomic mass is 10.5. The van der Waals surface area contributed by atoms with Gasteiger partial charge in [-0.05, 0) is 12.1 Å². The summed E-state index contributed by atoms with van der Waals surface area (Å²) in [7, 11) is 0. The fourth-order valence-corrected chi connectivity index (χ4v) is 0.743. The minimum absolute atomic E-state index is 0.698. The molecule has 0 aliphatic carbocycles. The first-order valence-corrected chi connectivity index (χ1v) is 3.37. The van der Waals surface area contributed by atoms with Crippen LogP contribution in [0.5, 0.6) is 0 Å². The summed E-state index contributed by atoms with van der Waals surface area (Å²) >= 11 is 0. The predicted octanol–water partition coefficient (Wildman–Crippen LogP) is 0.753. The molecule has 0 atom stereocenters. The number of aromatic nitrogens is 3. The predicted molar refractivity (Wildman–Crippen MR) is 41.7 cm³/mol. The van der Waals surface area contributed by atoms with E-state index >= 15 is 0 Å². The molecule has 0 aliphatic rings. The van der Waals surface area contributed by atoms with Crippen molar-refractivity contribution >= 4 is 6.21 Å². The van der Waals surface area contributed by atoms with E-state index in [1.54, 1.807) is 18.5 Å². The van der Waals surface area contributed by atoms with Crippen LogP contribution in [0.1, 0.15) is 5.76 Å². The van der Waals surface area contributed by atoms with Crippen molar-refractivity contribution in [3.63, 3.8) is 0 Å². The van der Waals surface area contributed by atoms with Gasteiger partial charge in [-0.3, -0.25) is 0 Å². The van der Waals surface area contributed by atoms with Gasteiger partial charge in [0.1, 0.15) is 18.4 Å². The van der Waals surface area contributed by atoms with Gasteiger partial charge in [0.15, 0.2) is 0 Å². The van der Waals surface area contributed by atoms with Gasteiger partial charge in [0, 0.05) is 0 Å². The van der Waals surface area contributed by atoms with Crippen LogP contribution in [-0.4, -0.2) is 21.1 Å². The number of nitrogens with zero attached hydrogens (tertiary/aromatic N) is 4. The zero-order valence-corrected chi connectivity index (χ0v) is 6.16. The molecule has 12 heavy (non-hydrogen) atoms. The van der Waals surface area contributed by atoms with E-state index in [2.05, 4.69) is 15.3 Å². The molecule has 0 saturated carbocycles. The van der Waals surface area contributed by atoms with E-state index in [9.17, 15) is 0 Å². The monoisotopic (exact) mass is 162 g/mol. The highest BCUT2D eigenvalue weighted by Gasteiger charge is 1.88. The summed E-state index contributed by atoms with van der Waals surface area (Å²) < 4.78 is 6.52. The molecule has 0 aliphatic heterocycles. The van der Waals surface area contributed by atoms with Crippen molar-refractivity contribution in [3.8, 4) is 0 Å². The first kappa shape index (κ1) is 6.78. The molecular formula is C7H6N4O. The second kappa shape index (κ2) is 3.00. The fourth-order valence-electron chi connectivity index (χ4n) is 0.743. The summed E-state index contributed by atoms with van der Waals surface area (Å²) in [6.07, 6.45) is 6.18. The molecule has 0 unspecified atom stereocenters. The van der Waals surface area contributed by atoms with Gasteiger partial charge >= 0.3 is 0 Å². The standard InChI is InChI=1S/C7H6N4O/c1-2-7(12-3-1)4-10-11-5-8-9-6-11/h1-6H. The Morgan fingerprint density at radius 1 is 1.42 bits per heavy atom. The topological polar surface area (TPSA) is 56.2 Å². The highest BCUT2D eigenvalue weighted by Crippen LogP contribution is 1.95. The van der Waals surface area contributed by atoms with Crippen molar-refractivity contribution in [2.24, 2.45) is 5.10 Å². The summed E-state index contributed by atoms with van der Waals surface area (Å²) in [6.45, 7) is 0. The molecule has 0 N–H and O–H groups in total. The number of hydrogen-bond donors (Lipinski definition) is 0. The first-order valence-electron chi connectivity index (χ1n) is 3.37. The van der Waals surface area contributed by atoms with Crippen LogP contribution in [0.4, 0.5) is 0 Å². The maximum absolute atomic E-state index is 5.03. The summed E-state index contributed by atoms with van der Waals surface area (Å²) in [6, 6.07) is 3.61. The van der Waals surface area contributed by atoms with Gasteiger partial charge in [-0.25, -0.2) is 4.68 Å². The molecule has 2 aromatic rings. The Bertz CT molecular complexity index is 312. The average Bonchev–Trinajstić information content (AvgIpc) is 2.74. The van der Waals surface area contributed by atoms with E-state index < -0.39 is 0 Å². The van der Waals surface area contributed by atoms with E-state index in [0.717, 1.165) is 0 Å². The second-order valence-electron chi connectivity index (χ2n) is 2.10. The average molecular weight is 162 g/mol. The van der Waals surface area contributed by atoms with Gasteiger partial charge in [-0.2, -0.15) is 5.10 Å². The van der Waals surface area contributed by atoms with Crippen LogP contribution in [0.2, 0.25) is 0 Å². The SMILES string of the molecule is C(=Nn1cnnc1)c1ccco1. The van der Waals surface area contributed by atoms with Crippen molar-refractivity contribution in [1.29, 1.82) is 0 Å². The smallest absolute Gasteiger partial charge is 0.146 e. The third-order valence-electron chi connectivity index (χ3n) is 1.27. The molecular weight excluding hydrogens is 156 g/mol. The zero-order chi connectivity index (χ0) is 8.23. The number of hydrogen-bond acceptors (Lipinski definition) is 4. The van der Waals surface area contributed by atoms with Gasteiger partial charge in [0.05, 0.1) is 12.5 Å². The first-order chi connectivity index (χ1) is 5.95. The van der Waals surface area contributed by atoms with Crippen LogP contribution in [0.25, 0.3) is 0 Å². The van der Waals surface area contributed by atoms with Crippen LogP contribution in [0.3, 0.4) is 0 Å².